The molecule has 0 aliphatic carbocycles. The number of hydrogen-bond donors (Lipinski definition) is 4. The minimum Gasteiger partial charge on any atom is -0.377 e. The van der Waals surface area contributed by atoms with Crippen LogP contribution in [0.4, 0.5) is 0 Å². The third kappa shape index (κ3) is 2.90. The summed E-state index contributed by atoms with van der Waals surface area (Å²) in [5.74, 6) is 0. The molecule has 1 aromatic rings. The summed E-state index contributed by atoms with van der Waals surface area (Å²) in [7, 11) is -4.48. The molecule has 0 saturated carbocycles. The van der Waals surface area contributed by atoms with Crippen LogP contribution in [0.5, 0.6) is 0 Å². The van der Waals surface area contributed by atoms with Gasteiger partial charge in [0.25, 0.3) is 0 Å². The van der Waals surface area contributed by atoms with Gasteiger partial charge in [-0.1, -0.05) is 23.8 Å². The first-order chi connectivity index (χ1) is 7.23. The van der Waals surface area contributed by atoms with Gasteiger partial charge >= 0.3 is 7.60 Å². The van der Waals surface area contributed by atoms with Crippen LogP contribution in [0.15, 0.2) is 18.2 Å². The predicted molar refractivity (Wildman–Crippen MR) is 60.9 cm³/mol. The highest BCUT2D eigenvalue weighted by atomic mass is 31.2. The fourth-order valence-corrected chi connectivity index (χ4v) is 2.68. The third-order valence-corrected chi connectivity index (χ3v) is 3.75. The number of aliphatic hydroxyl groups is 1. The van der Waals surface area contributed by atoms with Crippen LogP contribution in [0.1, 0.15) is 22.3 Å². The van der Waals surface area contributed by atoms with Crippen LogP contribution in [0, 0.1) is 13.8 Å². The van der Waals surface area contributed by atoms with Gasteiger partial charge in [0, 0.05) is 0 Å². The lowest BCUT2D eigenvalue weighted by atomic mass is 10.0. The van der Waals surface area contributed by atoms with Gasteiger partial charge in [0.2, 0.25) is 0 Å². The lowest BCUT2D eigenvalue weighted by Crippen LogP contribution is -2.28. The average molecular weight is 245 g/mol. The van der Waals surface area contributed by atoms with Gasteiger partial charge in [-0.25, -0.2) is 0 Å². The molecule has 0 aliphatic rings. The number of aryl methyl sites for hydroxylation is 2. The van der Waals surface area contributed by atoms with E-state index in [2.05, 4.69) is 0 Å². The molecule has 5 nitrogen and oxygen atoms in total. The smallest absolute Gasteiger partial charge is 0.336 e. The molecule has 1 aromatic carbocycles. The predicted octanol–water partition coefficient (Wildman–Crippen LogP) is 0.799. The quantitative estimate of drug-likeness (QED) is 0.466. The van der Waals surface area contributed by atoms with E-state index in [-0.39, 0.29) is 0 Å². The Morgan fingerprint density at radius 2 is 1.88 bits per heavy atom. The van der Waals surface area contributed by atoms with Gasteiger partial charge in [0.15, 0.2) is 0 Å². The zero-order valence-corrected chi connectivity index (χ0v) is 10.1. The average Bonchev–Trinajstić information content (AvgIpc) is 2.08. The van der Waals surface area contributed by atoms with E-state index in [4.69, 9.17) is 5.73 Å². The largest absolute Gasteiger partial charge is 0.377 e. The van der Waals surface area contributed by atoms with Crippen molar-refractivity contribution in [2.24, 2.45) is 5.73 Å². The highest BCUT2D eigenvalue weighted by molar-refractivity contribution is 7.52. The first-order valence-electron chi connectivity index (χ1n) is 4.79. The molecule has 0 saturated heterocycles. The molecule has 90 valence electrons. The first-order valence-corrected chi connectivity index (χ1v) is 6.47. The summed E-state index contributed by atoms with van der Waals surface area (Å²) in [4.78, 5) is 18.4. The maximum atomic E-state index is 11.3. The first kappa shape index (κ1) is 13.4. The van der Waals surface area contributed by atoms with E-state index in [9.17, 15) is 19.5 Å². The van der Waals surface area contributed by atoms with Crippen LogP contribution in [0.3, 0.4) is 0 Å². The summed E-state index contributed by atoms with van der Waals surface area (Å²) in [5, 5.41) is 9.30. The minimum atomic E-state index is -4.48. The molecule has 0 radical (unpaired) electrons. The normalized spacial score (nSPS) is 15.9. The lowest BCUT2D eigenvalue weighted by molar-refractivity contribution is 0.163. The molecule has 0 spiro atoms. The molecule has 0 heterocycles. The molecule has 1 rings (SSSR count). The van der Waals surface area contributed by atoms with E-state index in [0.29, 0.717) is 11.1 Å². The van der Waals surface area contributed by atoms with Gasteiger partial charge in [-0.3, -0.25) is 4.57 Å². The van der Waals surface area contributed by atoms with Crippen LogP contribution >= 0.6 is 7.60 Å². The van der Waals surface area contributed by atoms with E-state index in [1.165, 1.54) is 0 Å². The molecule has 0 amide bonds. The Labute approximate surface area is 94.1 Å². The van der Waals surface area contributed by atoms with Gasteiger partial charge in [0.05, 0.1) is 0 Å². The molecule has 5 N–H and O–H groups in total. The maximum absolute atomic E-state index is 11.3. The van der Waals surface area contributed by atoms with E-state index in [1.807, 2.05) is 13.0 Å². The number of aliphatic hydroxyl groups excluding tert-OH is 1. The molecule has 0 bridgehead atoms. The van der Waals surface area contributed by atoms with Crippen molar-refractivity contribution in [1.82, 2.24) is 0 Å². The minimum absolute atomic E-state index is 0.392. The Kier molecular flexibility index (Phi) is 3.88. The third-order valence-electron chi connectivity index (χ3n) is 2.44. The summed E-state index contributed by atoms with van der Waals surface area (Å²) in [6, 6.07) is 5.21. The van der Waals surface area contributed by atoms with Crippen molar-refractivity contribution in [3.05, 3.63) is 34.9 Å². The number of benzene rings is 1. The fourth-order valence-electron chi connectivity index (χ4n) is 1.64. The van der Waals surface area contributed by atoms with Crippen molar-refractivity contribution >= 4 is 7.60 Å². The SMILES string of the molecule is Cc1ccc(C)c(C(C(N)O)P(=O)(O)O)c1. The summed E-state index contributed by atoms with van der Waals surface area (Å²) in [5.41, 5.74) is 5.82. The Balaban J connectivity index is 3.32. The molecule has 6 heteroatoms. The van der Waals surface area contributed by atoms with Crippen molar-refractivity contribution in [2.75, 3.05) is 0 Å². The highest BCUT2D eigenvalue weighted by Gasteiger charge is 2.36. The van der Waals surface area contributed by atoms with E-state index >= 15 is 0 Å². The topological polar surface area (TPSA) is 104 Å². The van der Waals surface area contributed by atoms with Gasteiger partial charge < -0.3 is 20.6 Å². The lowest BCUT2D eigenvalue weighted by Gasteiger charge is -2.23. The zero-order valence-electron chi connectivity index (χ0n) is 9.16. The second-order valence-corrected chi connectivity index (χ2v) is 5.62. The molecule has 0 aromatic heterocycles. The monoisotopic (exact) mass is 245 g/mol. The standard InChI is InChI=1S/C10H16NO4P/c1-6-3-4-7(2)8(5-6)9(10(11)12)16(13,14)15/h3-5,9-10,12H,11H2,1-2H3,(H2,13,14,15). The second-order valence-electron chi connectivity index (χ2n) is 3.88. The summed E-state index contributed by atoms with van der Waals surface area (Å²) in [6.45, 7) is 3.53. The Morgan fingerprint density at radius 3 is 2.31 bits per heavy atom. The van der Waals surface area contributed by atoms with Gasteiger partial charge in [0.1, 0.15) is 11.9 Å². The van der Waals surface area contributed by atoms with Crippen molar-refractivity contribution in [2.45, 2.75) is 25.7 Å². The highest BCUT2D eigenvalue weighted by Crippen LogP contribution is 2.53. The molecular weight excluding hydrogens is 229 g/mol. The molecular formula is C10H16NO4P. The van der Waals surface area contributed by atoms with E-state index in [1.54, 1.807) is 19.1 Å². The van der Waals surface area contributed by atoms with E-state index in [0.717, 1.165) is 5.56 Å². The molecule has 0 fully saturated rings. The van der Waals surface area contributed by atoms with Crippen LogP contribution in [0.25, 0.3) is 0 Å². The summed E-state index contributed by atoms with van der Waals surface area (Å²) in [6.07, 6.45) is -1.58. The van der Waals surface area contributed by atoms with Crippen molar-refractivity contribution < 1.29 is 19.5 Å². The van der Waals surface area contributed by atoms with Gasteiger partial charge in [-0.2, -0.15) is 0 Å². The van der Waals surface area contributed by atoms with Crippen molar-refractivity contribution in [3.8, 4) is 0 Å². The molecule has 2 atom stereocenters. The Hall–Kier alpha value is -0.710. The molecule has 0 aliphatic heterocycles. The zero-order chi connectivity index (χ0) is 12.5. The van der Waals surface area contributed by atoms with Gasteiger partial charge in [-0.15, -0.1) is 0 Å². The van der Waals surface area contributed by atoms with Crippen LogP contribution in [-0.2, 0) is 4.57 Å². The fraction of sp³-hybridized carbons (Fsp3) is 0.400. The van der Waals surface area contributed by atoms with E-state index < -0.39 is 19.5 Å². The van der Waals surface area contributed by atoms with Crippen LogP contribution in [-0.4, -0.2) is 21.1 Å². The van der Waals surface area contributed by atoms with Crippen molar-refractivity contribution in [1.29, 1.82) is 0 Å². The summed E-state index contributed by atoms with van der Waals surface area (Å²) < 4.78 is 11.3. The maximum Gasteiger partial charge on any atom is 0.336 e. The number of nitrogens with two attached hydrogens (primary N) is 1. The summed E-state index contributed by atoms with van der Waals surface area (Å²) >= 11 is 0. The number of hydrogen-bond acceptors (Lipinski definition) is 3. The van der Waals surface area contributed by atoms with Gasteiger partial charge in [-0.05, 0) is 25.0 Å². The van der Waals surface area contributed by atoms with Crippen molar-refractivity contribution in [3.63, 3.8) is 0 Å². The van der Waals surface area contributed by atoms with Crippen LogP contribution in [0.2, 0.25) is 0 Å². The molecule has 2 unspecified atom stereocenters. The second kappa shape index (κ2) is 4.65. The Morgan fingerprint density at radius 1 is 1.31 bits per heavy atom. The molecule has 16 heavy (non-hydrogen) atoms. The Bertz CT molecular complexity index is 427. The number of rotatable bonds is 3. The van der Waals surface area contributed by atoms with Crippen LogP contribution < -0.4 is 5.73 Å².